The molecule has 0 radical (unpaired) electrons. The second-order valence-electron chi connectivity index (χ2n) is 10.5. The summed E-state index contributed by atoms with van der Waals surface area (Å²) in [6.45, 7) is 11.2. The van der Waals surface area contributed by atoms with Crippen LogP contribution < -0.4 is 5.32 Å². The topological polar surface area (TPSA) is 112 Å². The SMILES string of the molecule is CCCCOCCOCCOCCOCCOCCOCCOCCOCCNC(=O)OCC1c2ccccc2-c2ccccc21. The van der Waals surface area contributed by atoms with Gasteiger partial charge >= 0.3 is 6.09 Å². The van der Waals surface area contributed by atoms with Crippen LogP contribution in [-0.4, -0.2) is 125 Å². The average molecular weight is 648 g/mol. The number of benzene rings is 2. The number of carbonyl (C=O) groups excluding carboxylic acids is 1. The van der Waals surface area contributed by atoms with Gasteiger partial charge in [0, 0.05) is 19.1 Å². The summed E-state index contributed by atoms with van der Waals surface area (Å²) in [5.74, 6) is 0.0431. The second kappa shape index (κ2) is 25.5. The van der Waals surface area contributed by atoms with Gasteiger partial charge in [0.1, 0.15) is 6.61 Å². The smallest absolute Gasteiger partial charge is 0.407 e. The minimum atomic E-state index is -0.447. The minimum absolute atomic E-state index is 0.0431. The number of hydrogen-bond acceptors (Lipinski definition) is 10. The van der Waals surface area contributed by atoms with Crippen LogP contribution in [0.1, 0.15) is 36.8 Å². The molecule has 0 spiro atoms. The molecule has 0 saturated carbocycles. The summed E-state index contributed by atoms with van der Waals surface area (Å²) in [5.41, 5.74) is 4.79. The van der Waals surface area contributed by atoms with Gasteiger partial charge in [-0.2, -0.15) is 0 Å². The van der Waals surface area contributed by atoms with Gasteiger partial charge in [-0.3, -0.25) is 0 Å². The lowest BCUT2D eigenvalue weighted by Gasteiger charge is -2.14. The molecule has 11 heteroatoms. The number of rotatable bonds is 29. The molecule has 258 valence electrons. The first-order chi connectivity index (χ1) is 22.8. The number of nitrogens with one attached hydrogen (secondary N) is 1. The van der Waals surface area contributed by atoms with Gasteiger partial charge in [0.2, 0.25) is 0 Å². The number of unbranched alkanes of at least 4 members (excludes halogenated alkanes) is 1. The Morgan fingerprint density at radius 2 is 0.913 bits per heavy atom. The third-order valence-corrected chi connectivity index (χ3v) is 7.11. The van der Waals surface area contributed by atoms with Gasteiger partial charge in [0.15, 0.2) is 0 Å². The summed E-state index contributed by atoms with van der Waals surface area (Å²) in [5, 5.41) is 2.74. The predicted molar refractivity (Wildman–Crippen MR) is 175 cm³/mol. The Balaban J connectivity index is 1.00. The van der Waals surface area contributed by atoms with Crippen molar-refractivity contribution in [1.29, 1.82) is 0 Å². The van der Waals surface area contributed by atoms with Gasteiger partial charge < -0.3 is 47.9 Å². The van der Waals surface area contributed by atoms with E-state index in [1.165, 1.54) is 22.3 Å². The molecule has 2 aromatic rings. The molecule has 0 aliphatic heterocycles. The van der Waals surface area contributed by atoms with Crippen molar-refractivity contribution in [2.45, 2.75) is 25.7 Å². The Bertz CT molecular complexity index is 1010. The highest BCUT2D eigenvalue weighted by molar-refractivity contribution is 5.79. The summed E-state index contributed by atoms with van der Waals surface area (Å²) in [6, 6.07) is 16.5. The molecule has 0 saturated heterocycles. The maximum Gasteiger partial charge on any atom is 0.407 e. The van der Waals surface area contributed by atoms with Gasteiger partial charge in [-0.1, -0.05) is 61.9 Å². The average Bonchev–Trinajstić information content (AvgIpc) is 3.40. The number of carbonyl (C=O) groups is 1. The first-order valence-electron chi connectivity index (χ1n) is 16.5. The Morgan fingerprint density at radius 1 is 0.543 bits per heavy atom. The van der Waals surface area contributed by atoms with Crippen LogP contribution in [0.2, 0.25) is 0 Å². The summed E-state index contributed by atoms with van der Waals surface area (Å²) in [4.78, 5) is 12.2. The Labute approximate surface area is 274 Å². The fourth-order valence-electron chi connectivity index (χ4n) is 4.76. The molecule has 0 bridgehead atoms. The van der Waals surface area contributed by atoms with Gasteiger partial charge in [0.05, 0.1) is 99.1 Å². The molecule has 1 N–H and O–H groups in total. The maximum atomic E-state index is 12.2. The number of fused-ring (bicyclic) bond motifs is 3. The summed E-state index contributed by atoms with van der Waals surface area (Å²) in [7, 11) is 0. The third-order valence-electron chi connectivity index (χ3n) is 7.11. The van der Waals surface area contributed by atoms with E-state index in [2.05, 4.69) is 36.5 Å². The zero-order chi connectivity index (χ0) is 32.3. The van der Waals surface area contributed by atoms with Crippen molar-refractivity contribution in [3.8, 4) is 11.1 Å². The molecule has 46 heavy (non-hydrogen) atoms. The summed E-state index contributed by atoms with van der Waals surface area (Å²) < 4.78 is 49.3. The molecule has 3 rings (SSSR count). The molecule has 0 fully saturated rings. The van der Waals surface area contributed by atoms with Gasteiger partial charge in [-0.05, 0) is 28.7 Å². The quantitative estimate of drug-likeness (QED) is 0.127. The molecule has 0 heterocycles. The van der Waals surface area contributed by atoms with E-state index < -0.39 is 6.09 Å². The maximum absolute atomic E-state index is 12.2. The van der Waals surface area contributed by atoms with E-state index in [1.54, 1.807) is 0 Å². The van der Waals surface area contributed by atoms with E-state index in [4.69, 9.17) is 42.6 Å². The third kappa shape index (κ3) is 15.8. The highest BCUT2D eigenvalue weighted by Crippen LogP contribution is 2.44. The summed E-state index contributed by atoms with van der Waals surface area (Å²) in [6.07, 6.45) is 1.79. The number of hydrogen-bond donors (Lipinski definition) is 1. The zero-order valence-corrected chi connectivity index (χ0v) is 27.4. The van der Waals surface area contributed by atoms with Crippen LogP contribution >= 0.6 is 0 Å². The first-order valence-corrected chi connectivity index (χ1v) is 16.5. The standard InChI is InChI=1S/C35H53NO10/c1-2-3-13-38-15-17-40-19-21-42-23-25-44-27-28-45-26-24-43-22-20-41-18-16-39-14-12-36-35(37)46-29-34-32-10-6-4-8-30(32)31-9-5-7-11-33(31)34/h4-11,34H,2-3,12-29H2,1H3,(H,36,37). The van der Waals surface area contributed by atoms with Crippen molar-refractivity contribution in [1.82, 2.24) is 5.32 Å². The largest absolute Gasteiger partial charge is 0.449 e. The molecule has 1 amide bonds. The highest BCUT2D eigenvalue weighted by atomic mass is 16.6. The molecular formula is C35H53NO10. The predicted octanol–water partition coefficient (Wildman–Crippen LogP) is 4.46. The fourth-order valence-corrected chi connectivity index (χ4v) is 4.76. The molecule has 0 unspecified atom stereocenters. The molecule has 1 aliphatic carbocycles. The van der Waals surface area contributed by atoms with Crippen molar-refractivity contribution in [2.75, 3.05) is 119 Å². The van der Waals surface area contributed by atoms with Crippen LogP contribution in [0.15, 0.2) is 48.5 Å². The van der Waals surface area contributed by atoms with Crippen LogP contribution in [-0.2, 0) is 42.6 Å². The second-order valence-corrected chi connectivity index (χ2v) is 10.5. The van der Waals surface area contributed by atoms with Gasteiger partial charge in [0.25, 0.3) is 0 Å². The van der Waals surface area contributed by atoms with Crippen molar-refractivity contribution >= 4 is 6.09 Å². The lowest BCUT2D eigenvalue weighted by Crippen LogP contribution is -2.29. The number of amides is 1. The van der Waals surface area contributed by atoms with Crippen LogP contribution in [0.25, 0.3) is 11.1 Å². The Kier molecular flexibility index (Phi) is 21.0. The molecular weight excluding hydrogens is 594 g/mol. The van der Waals surface area contributed by atoms with E-state index in [0.717, 1.165) is 19.4 Å². The van der Waals surface area contributed by atoms with E-state index in [0.29, 0.717) is 112 Å². The van der Waals surface area contributed by atoms with Crippen molar-refractivity contribution < 1.29 is 47.4 Å². The molecule has 11 nitrogen and oxygen atoms in total. The monoisotopic (exact) mass is 647 g/mol. The van der Waals surface area contributed by atoms with Crippen LogP contribution in [0.5, 0.6) is 0 Å². The van der Waals surface area contributed by atoms with Gasteiger partial charge in [-0.15, -0.1) is 0 Å². The van der Waals surface area contributed by atoms with E-state index in [9.17, 15) is 4.79 Å². The number of alkyl carbamates (subject to hydrolysis) is 1. The van der Waals surface area contributed by atoms with Crippen LogP contribution in [0.4, 0.5) is 4.79 Å². The Morgan fingerprint density at radius 3 is 1.33 bits per heavy atom. The highest BCUT2D eigenvalue weighted by Gasteiger charge is 2.28. The fraction of sp³-hybridized carbons (Fsp3) is 0.629. The lowest BCUT2D eigenvalue weighted by molar-refractivity contribution is -0.0230. The van der Waals surface area contributed by atoms with Crippen LogP contribution in [0.3, 0.4) is 0 Å². The lowest BCUT2D eigenvalue weighted by atomic mass is 9.98. The van der Waals surface area contributed by atoms with E-state index in [-0.39, 0.29) is 5.92 Å². The molecule has 0 aromatic heterocycles. The number of ether oxygens (including phenoxy) is 9. The zero-order valence-electron chi connectivity index (χ0n) is 27.4. The van der Waals surface area contributed by atoms with E-state index >= 15 is 0 Å². The van der Waals surface area contributed by atoms with Crippen molar-refractivity contribution in [3.05, 3.63) is 59.7 Å². The molecule has 1 aliphatic rings. The van der Waals surface area contributed by atoms with Crippen LogP contribution in [0, 0.1) is 0 Å². The first kappa shape index (κ1) is 37.8. The summed E-state index contributed by atoms with van der Waals surface area (Å²) >= 11 is 0. The normalized spacial score (nSPS) is 12.3. The van der Waals surface area contributed by atoms with E-state index in [1.807, 2.05) is 24.3 Å². The minimum Gasteiger partial charge on any atom is -0.449 e. The molecule has 0 atom stereocenters. The van der Waals surface area contributed by atoms with Crippen molar-refractivity contribution in [3.63, 3.8) is 0 Å². The Hall–Kier alpha value is -2.61. The van der Waals surface area contributed by atoms with Crippen molar-refractivity contribution in [2.24, 2.45) is 0 Å². The molecule has 2 aromatic carbocycles. The van der Waals surface area contributed by atoms with Gasteiger partial charge in [-0.25, -0.2) is 4.79 Å².